The minimum Gasteiger partial charge on any atom is -0.494 e. The summed E-state index contributed by atoms with van der Waals surface area (Å²) in [4.78, 5) is 16.7. The van der Waals surface area contributed by atoms with E-state index in [1.807, 2.05) is 44.2 Å². The fourth-order valence-corrected chi connectivity index (χ4v) is 3.19. The Morgan fingerprint density at radius 2 is 1.82 bits per heavy atom. The first-order valence-corrected chi connectivity index (χ1v) is 10.7. The second-order valence-corrected chi connectivity index (χ2v) is 7.29. The highest BCUT2D eigenvalue weighted by Crippen LogP contribution is 2.20. The van der Waals surface area contributed by atoms with Gasteiger partial charge in [0.05, 0.1) is 19.4 Å². The Kier molecular flexibility index (Phi) is 10.8. The average Bonchev–Trinajstić information content (AvgIpc) is 3.33. The monoisotopic (exact) mass is 562 g/mol. The van der Waals surface area contributed by atoms with Gasteiger partial charge < -0.3 is 25.1 Å². The van der Waals surface area contributed by atoms with Crippen LogP contribution in [0.4, 0.5) is 0 Å². The van der Waals surface area contributed by atoms with E-state index in [4.69, 9.17) is 9.15 Å². The summed E-state index contributed by atoms with van der Waals surface area (Å²) in [6.45, 7) is 6.12. The zero-order valence-corrected chi connectivity index (χ0v) is 21.5. The zero-order valence-electron chi connectivity index (χ0n) is 19.2. The van der Waals surface area contributed by atoms with Crippen molar-refractivity contribution in [2.45, 2.75) is 33.5 Å². The first-order chi connectivity index (χ1) is 15.6. The third-order valence-corrected chi connectivity index (χ3v) is 4.84. The van der Waals surface area contributed by atoms with Crippen molar-refractivity contribution in [3.63, 3.8) is 0 Å². The van der Waals surface area contributed by atoms with Gasteiger partial charge in [-0.05, 0) is 55.3 Å². The minimum absolute atomic E-state index is 0. The van der Waals surface area contributed by atoms with E-state index in [2.05, 4.69) is 33.1 Å². The van der Waals surface area contributed by atoms with E-state index in [-0.39, 0.29) is 29.9 Å². The number of amides is 1. The number of carbonyl (C=O) groups excluding carboxylic acids is 1. The summed E-state index contributed by atoms with van der Waals surface area (Å²) in [5.41, 5.74) is 3.80. The van der Waals surface area contributed by atoms with Crippen LogP contribution in [0, 0.1) is 6.92 Å². The Hall–Kier alpha value is -3.01. The molecule has 7 nitrogen and oxygen atoms in total. The Labute approximate surface area is 212 Å². The lowest BCUT2D eigenvalue weighted by atomic mass is 10.1. The van der Waals surface area contributed by atoms with Gasteiger partial charge in [-0.25, -0.2) is 0 Å². The summed E-state index contributed by atoms with van der Waals surface area (Å²) in [6, 6.07) is 17.3. The molecule has 8 heteroatoms. The number of ether oxygens (including phenoxy) is 1. The number of hydrogen-bond acceptors (Lipinski definition) is 4. The third-order valence-electron chi connectivity index (χ3n) is 4.84. The molecular formula is C25H31IN4O3. The topological polar surface area (TPSA) is 87.9 Å². The second-order valence-electron chi connectivity index (χ2n) is 7.29. The van der Waals surface area contributed by atoms with Gasteiger partial charge in [-0.2, -0.15) is 0 Å². The molecule has 0 saturated carbocycles. The van der Waals surface area contributed by atoms with Gasteiger partial charge in [-0.15, -0.1) is 24.0 Å². The van der Waals surface area contributed by atoms with Crippen LogP contribution in [0.2, 0.25) is 0 Å². The first kappa shape index (κ1) is 26.2. The van der Waals surface area contributed by atoms with Gasteiger partial charge in [-0.1, -0.05) is 24.3 Å². The fourth-order valence-electron chi connectivity index (χ4n) is 3.19. The molecule has 0 aliphatic carbocycles. The zero-order chi connectivity index (χ0) is 22.8. The van der Waals surface area contributed by atoms with Crippen molar-refractivity contribution in [1.29, 1.82) is 0 Å². The van der Waals surface area contributed by atoms with Crippen molar-refractivity contribution in [1.82, 2.24) is 16.0 Å². The molecule has 176 valence electrons. The molecule has 3 rings (SSSR count). The van der Waals surface area contributed by atoms with Crippen molar-refractivity contribution in [3.05, 3.63) is 88.9 Å². The van der Waals surface area contributed by atoms with Crippen molar-refractivity contribution >= 4 is 35.8 Å². The normalized spacial score (nSPS) is 10.8. The Morgan fingerprint density at radius 3 is 2.55 bits per heavy atom. The smallest absolute Gasteiger partial charge is 0.251 e. The van der Waals surface area contributed by atoms with Gasteiger partial charge in [0.25, 0.3) is 5.91 Å². The molecule has 0 fully saturated rings. The van der Waals surface area contributed by atoms with Crippen LogP contribution in [0.5, 0.6) is 5.75 Å². The number of aryl methyl sites for hydroxylation is 1. The van der Waals surface area contributed by atoms with Gasteiger partial charge in [-0.3, -0.25) is 9.79 Å². The molecule has 1 amide bonds. The first-order valence-electron chi connectivity index (χ1n) is 10.7. The molecule has 1 heterocycles. The summed E-state index contributed by atoms with van der Waals surface area (Å²) >= 11 is 0. The van der Waals surface area contributed by atoms with Gasteiger partial charge in [0.1, 0.15) is 11.5 Å². The maximum Gasteiger partial charge on any atom is 0.251 e. The maximum atomic E-state index is 12.4. The lowest BCUT2D eigenvalue weighted by Crippen LogP contribution is -2.36. The number of benzene rings is 2. The number of aliphatic imine (C=N–C) groups is 1. The van der Waals surface area contributed by atoms with Crippen LogP contribution in [0.15, 0.2) is 70.3 Å². The summed E-state index contributed by atoms with van der Waals surface area (Å²) < 4.78 is 11.0. The molecule has 0 atom stereocenters. The largest absolute Gasteiger partial charge is 0.494 e. The standard InChI is InChI=1S/C25H30N4O3.HI/c1-4-31-23-13-18(2)10-11-21(23)16-29-25(26-3)28-15-19-7-5-8-20(14-19)24(30)27-17-22-9-6-12-32-22;/h5-14H,4,15-17H2,1-3H3,(H,27,30)(H2,26,28,29);1H. The summed E-state index contributed by atoms with van der Waals surface area (Å²) in [5, 5.41) is 9.47. The van der Waals surface area contributed by atoms with Crippen molar-refractivity contribution in [3.8, 4) is 5.75 Å². The highest BCUT2D eigenvalue weighted by Gasteiger charge is 2.08. The molecule has 0 radical (unpaired) electrons. The van der Waals surface area contributed by atoms with Crippen LogP contribution < -0.4 is 20.7 Å². The van der Waals surface area contributed by atoms with E-state index >= 15 is 0 Å². The SMILES string of the molecule is CCOc1cc(C)ccc1CNC(=NC)NCc1cccc(C(=O)NCc2ccco2)c1.I. The van der Waals surface area contributed by atoms with Gasteiger partial charge in [0.15, 0.2) is 5.96 Å². The molecule has 33 heavy (non-hydrogen) atoms. The van der Waals surface area contributed by atoms with E-state index < -0.39 is 0 Å². The molecular weight excluding hydrogens is 531 g/mol. The average molecular weight is 562 g/mol. The summed E-state index contributed by atoms with van der Waals surface area (Å²) in [6.07, 6.45) is 1.59. The highest BCUT2D eigenvalue weighted by molar-refractivity contribution is 14.0. The predicted molar refractivity (Wildman–Crippen MR) is 141 cm³/mol. The number of carbonyl (C=O) groups is 1. The molecule has 3 N–H and O–H groups in total. The van der Waals surface area contributed by atoms with E-state index in [1.54, 1.807) is 25.4 Å². The van der Waals surface area contributed by atoms with Crippen molar-refractivity contribution in [2.24, 2.45) is 4.99 Å². The van der Waals surface area contributed by atoms with Crippen LogP contribution in [0.1, 0.15) is 39.7 Å². The number of nitrogens with zero attached hydrogens (tertiary/aromatic N) is 1. The second kappa shape index (κ2) is 13.5. The maximum absolute atomic E-state index is 12.4. The Morgan fingerprint density at radius 1 is 1.00 bits per heavy atom. The van der Waals surface area contributed by atoms with Crippen molar-refractivity contribution < 1.29 is 13.9 Å². The van der Waals surface area contributed by atoms with Gasteiger partial charge >= 0.3 is 0 Å². The third kappa shape index (κ3) is 8.12. The van der Waals surface area contributed by atoms with Crippen LogP contribution >= 0.6 is 24.0 Å². The molecule has 0 spiro atoms. The minimum atomic E-state index is -0.145. The van der Waals surface area contributed by atoms with Gasteiger partial charge in [0.2, 0.25) is 0 Å². The molecule has 0 aliphatic rings. The molecule has 2 aromatic carbocycles. The summed E-state index contributed by atoms with van der Waals surface area (Å²) in [7, 11) is 1.73. The van der Waals surface area contributed by atoms with Gasteiger partial charge in [0, 0.05) is 31.3 Å². The number of hydrogen-bond donors (Lipinski definition) is 3. The lowest BCUT2D eigenvalue weighted by Gasteiger charge is -2.15. The number of rotatable bonds is 9. The van der Waals surface area contributed by atoms with Crippen LogP contribution in [-0.4, -0.2) is 25.5 Å². The van der Waals surface area contributed by atoms with Crippen LogP contribution in [0.3, 0.4) is 0 Å². The highest BCUT2D eigenvalue weighted by atomic mass is 127. The molecule has 0 aliphatic heterocycles. The lowest BCUT2D eigenvalue weighted by molar-refractivity contribution is 0.0948. The van der Waals surface area contributed by atoms with E-state index in [9.17, 15) is 4.79 Å². The Bertz CT molecular complexity index is 1050. The van der Waals surface area contributed by atoms with Crippen LogP contribution in [0.25, 0.3) is 0 Å². The predicted octanol–water partition coefficient (Wildman–Crippen LogP) is 4.40. The quantitative estimate of drug-likeness (QED) is 0.205. The number of halogens is 1. The van der Waals surface area contributed by atoms with Crippen LogP contribution in [-0.2, 0) is 19.6 Å². The number of nitrogens with one attached hydrogen (secondary N) is 3. The van der Waals surface area contributed by atoms with E-state index in [1.165, 1.54) is 0 Å². The molecule has 0 saturated heterocycles. The molecule has 1 aromatic heterocycles. The Balaban J connectivity index is 0.00000385. The van der Waals surface area contributed by atoms with E-state index in [0.717, 1.165) is 22.4 Å². The summed E-state index contributed by atoms with van der Waals surface area (Å²) in [5.74, 6) is 2.12. The molecule has 0 bridgehead atoms. The van der Waals surface area contributed by atoms with E-state index in [0.29, 0.717) is 43.5 Å². The fraction of sp³-hybridized carbons (Fsp3) is 0.280. The number of guanidine groups is 1. The number of furan rings is 1. The van der Waals surface area contributed by atoms with Crippen molar-refractivity contribution in [2.75, 3.05) is 13.7 Å². The molecule has 0 unspecified atom stereocenters. The molecule has 3 aromatic rings.